The minimum Gasteiger partial charge on any atom is -0.493 e. The maximum Gasteiger partial charge on any atom is 0.373 e. The van der Waals surface area contributed by atoms with Crippen molar-refractivity contribution in [3.05, 3.63) is 46.9 Å². The van der Waals surface area contributed by atoms with Crippen LogP contribution in [0, 0.1) is 0 Å². The molecule has 1 aliphatic rings. The first-order valence-corrected chi connectivity index (χ1v) is 9.41. The van der Waals surface area contributed by atoms with E-state index in [4.69, 9.17) is 28.1 Å². The molecule has 1 aliphatic heterocycles. The Labute approximate surface area is 183 Å². The van der Waals surface area contributed by atoms with Gasteiger partial charge in [-0.3, -0.25) is 0 Å². The number of furan rings is 1. The minimum absolute atomic E-state index is 0.0299. The maximum absolute atomic E-state index is 12.2. The van der Waals surface area contributed by atoms with Crippen LogP contribution in [0.1, 0.15) is 35.7 Å². The summed E-state index contributed by atoms with van der Waals surface area (Å²) in [6.07, 6.45) is 1.31. The predicted octanol–water partition coefficient (Wildman–Crippen LogP) is 2.88. The highest BCUT2D eigenvalue weighted by Gasteiger charge is 2.39. The van der Waals surface area contributed by atoms with E-state index in [2.05, 4.69) is 4.74 Å². The molecule has 2 heterocycles. The fraction of sp³-hybridized carbons (Fsp3) is 0.318. The highest BCUT2D eigenvalue weighted by molar-refractivity contribution is 6.18. The topological polar surface area (TPSA) is 120 Å². The Morgan fingerprint density at radius 1 is 1.00 bits per heavy atom. The lowest BCUT2D eigenvalue weighted by atomic mass is 10.1. The van der Waals surface area contributed by atoms with Gasteiger partial charge in [-0.15, -0.1) is 0 Å². The molecular weight excluding hydrogens is 424 g/mol. The third-order valence-electron chi connectivity index (χ3n) is 4.32. The number of methoxy groups -OCH3 is 3. The standard InChI is InChI=1S/C22H22O10/c1-22(2)31-19(23)14(20(24)32-22)8-12-9-16(26-3)18(17(10-12)27-4)29-11-13-6-7-15(30-13)21(25)28-5/h6-10H,11H2,1-5H3. The SMILES string of the molecule is COC(=O)c1ccc(COc2c(OC)cc(C=C3C(=O)OC(C)(C)OC3=O)cc2OC)o1. The summed E-state index contributed by atoms with van der Waals surface area (Å²) in [4.78, 5) is 35.9. The third-order valence-corrected chi connectivity index (χ3v) is 4.32. The average molecular weight is 446 g/mol. The monoisotopic (exact) mass is 446 g/mol. The van der Waals surface area contributed by atoms with Gasteiger partial charge in [-0.1, -0.05) is 0 Å². The highest BCUT2D eigenvalue weighted by Crippen LogP contribution is 2.40. The molecule has 170 valence electrons. The van der Waals surface area contributed by atoms with Gasteiger partial charge in [-0.2, -0.15) is 0 Å². The molecule has 1 aromatic heterocycles. The van der Waals surface area contributed by atoms with Crippen molar-refractivity contribution in [2.24, 2.45) is 0 Å². The first-order chi connectivity index (χ1) is 15.2. The van der Waals surface area contributed by atoms with E-state index < -0.39 is 23.7 Å². The molecule has 0 atom stereocenters. The second-order valence-electron chi connectivity index (χ2n) is 7.04. The fourth-order valence-corrected chi connectivity index (χ4v) is 2.88. The van der Waals surface area contributed by atoms with Crippen molar-refractivity contribution in [2.75, 3.05) is 21.3 Å². The fourth-order valence-electron chi connectivity index (χ4n) is 2.88. The van der Waals surface area contributed by atoms with E-state index in [1.165, 1.54) is 47.3 Å². The van der Waals surface area contributed by atoms with E-state index in [0.29, 0.717) is 11.3 Å². The number of benzene rings is 1. The first kappa shape index (κ1) is 22.7. The Bertz CT molecular complexity index is 1030. The molecule has 32 heavy (non-hydrogen) atoms. The van der Waals surface area contributed by atoms with E-state index in [-0.39, 0.29) is 35.2 Å². The van der Waals surface area contributed by atoms with E-state index in [1.807, 2.05) is 0 Å². The summed E-state index contributed by atoms with van der Waals surface area (Å²) in [6.45, 7) is 2.90. The molecule has 0 aliphatic carbocycles. The molecule has 1 aromatic carbocycles. The molecule has 1 saturated heterocycles. The van der Waals surface area contributed by atoms with Crippen LogP contribution in [-0.2, 0) is 30.4 Å². The molecule has 2 aromatic rings. The number of esters is 3. The zero-order valence-corrected chi connectivity index (χ0v) is 18.2. The number of carbonyl (C=O) groups excluding carboxylic acids is 3. The number of hydrogen-bond donors (Lipinski definition) is 0. The van der Waals surface area contributed by atoms with Crippen LogP contribution in [0.15, 0.2) is 34.3 Å². The normalized spacial score (nSPS) is 14.8. The molecule has 1 fully saturated rings. The second kappa shape index (κ2) is 9.04. The van der Waals surface area contributed by atoms with Crippen LogP contribution in [0.3, 0.4) is 0 Å². The summed E-state index contributed by atoms with van der Waals surface area (Å²) in [6, 6.07) is 6.14. The van der Waals surface area contributed by atoms with Crippen molar-refractivity contribution in [1.29, 1.82) is 0 Å². The van der Waals surface area contributed by atoms with E-state index >= 15 is 0 Å². The van der Waals surface area contributed by atoms with Gasteiger partial charge in [-0.05, 0) is 35.9 Å². The molecule has 0 spiro atoms. The summed E-state index contributed by atoms with van der Waals surface area (Å²) in [5.41, 5.74) is 0.147. The number of carbonyl (C=O) groups is 3. The Hall–Kier alpha value is -3.95. The zero-order valence-electron chi connectivity index (χ0n) is 18.2. The molecule has 0 radical (unpaired) electrons. The van der Waals surface area contributed by atoms with Crippen molar-refractivity contribution in [2.45, 2.75) is 26.2 Å². The lowest BCUT2D eigenvalue weighted by molar-refractivity contribution is -0.222. The Balaban J connectivity index is 1.87. The Morgan fingerprint density at radius 2 is 1.59 bits per heavy atom. The van der Waals surface area contributed by atoms with Crippen molar-refractivity contribution in [3.8, 4) is 17.2 Å². The van der Waals surface area contributed by atoms with Gasteiger partial charge < -0.3 is 32.8 Å². The van der Waals surface area contributed by atoms with Gasteiger partial charge in [0.1, 0.15) is 17.9 Å². The van der Waals surface area contributed by atoms with E-state index in [0.717, 1.165) is 0 Å². The summed E-state index contributed by atoms with van der Waals surface area (Å²) >= 11 is 0. The van der Waals surface area contributed by atoms with Crippen LogP contribution < -0.4 is 14.2 Å². The Morgan fingerprint density at radius 3 is 2.12 bits per heavy atom. The highest BCUT2D eigenvalue weighted by atomic mass is 16.7. The summed E-state index contributed by atoms with van der Waals surface area (Å²) in [5, 5.41) is 0. The first-order valence-electron chi connectivity index (χ1n) is 9.41. The maximum atomic E-state index is 12.2. The minimum atomic E-state index is -1.34. The number of rotatable bonds is 7. The summed E-state index contributed by atoms with van der Waals surface area (Å²) in [7, 11) is 4.10. The number of cyclic esters (lactones) is 2. The van der Waals surface area contributed by atoms with E-state index in [1.54, 1.807) is 18.2 Å². The average Bonchev–Trinajstić information content (AvgIpc) is 3.22. The largest absolute Gasteiger partial charge is 0.493 e. The van der Waals surface area contributed by atoms with Gasteiger partial charge >= 0.3 is 17.9 Å². The van der Waals surface area contributed by atoms with Crippen LogP contribution in [0.2, 0.25) is 0 Å². The smallest absolute Gasteiger partial charge is 0.373 e. The second-order valence-corrected chi connectivity index (χ2v) is 7.04. The van der Waals surface area contributed by atoms with Gasteiger partial charge in [0, 0.05) is 13.8 Å². The van der Waals surface area contributed by atoms with Crippen LogP contribution in [0.4, 0.5) is 0 Å². The van der Waals surface area contributed by atoms with Gasteiger partial charge in [-0.25, -0.2) is 14.4 Å². The zero-order chi connectivity index (χ0) is 23.5. The molecule has 3 rings (SSSR count). The Kier molecular flexibility index (Phi) is 6.42. The lowest BCUT2D eigenvalue weighted by Crippen LogP contribution is -2.41. The molecule has 10 nitrogen and oxygen atoms in total. The molecule has 0 unspecified atom stereocenters. The van der Waals surface area contributed by atoms with E-state index in [9.17, 15) is 14.4 Å². The quantitative estimate of drug-likeness (QED) is 0.357. The predicted molar refractivity (Wildman–Crippen MR) is 108 cm³/mol. The number of ether oxygens (including phenoxy) is 6. The van der Waals surface area contributed by atoms with Gasteiger partial charge in [0.15, 0.2) is 11.5 Å². The number of hydrogen-bond acceptors (Lipinski definition) is 10. The summed E-state index contributed by atoms with van der Waals surface area (Å²) in [5.74, 6) is -2.33. The van der Waals surface area contributed by atoms with Gasteiger partial charge in [0.2, 0.25) is 11.5 Å². The molecule has 10 heteroatoms. The van der Waals surface area contributed by atoms with Crippen molar-refractivity contribution < 1.29 is 47.2 Å². The van der Waals surface area contributed by atoms with Gasteiger partial charge in [0.05, 0.1) is 21.3 Å². The molecule has 0 saturated carbocycles. The van der Waals surface area contributed by atoms with Crippen LogP contribution in [-0.4, -0.2) is 45.0 Å². The lowest BCUT2D eigenvalue weighted by Gasteiger charge is -2.29. The van der Waals surface area contributed by atoms with Crippen LogP contribution in [0.5, 0.6) is 17.2 Å². The van der Waals surface area contributed by atoms with Crippen LogP contribution >= 0.6 is 0 Å². The van der Waals surface area contributed by atoms with Crippen molar-refractivity contribution in [3.63, 3.8) is 0 Å². The van der Waals surface area contributed by atoms with Gasteiger partial charge in [0.25, 0.3) is 5.79 Å². The third kappa shape index (κ3) is 4.85. The molecular formula is C22H22O10. The van der Waals surface area contributed by atoms with Crippen LogP contribution in [0.25, 0.3) is 6.08 Å². The molecule has 0 amide bonds. The molecule has 0 bridgehead atoms. The molecule has 0 N–H and O–H groups in total. The van der Waals surface area contributed by atoms with Crippen molar-refractivity contribution >= 4 is 24.0 Å². The summed E-state index contributed by atoms with van der Waals surface area (Å²) < 4.78 is 36.7. The van der Waals surface area contributed by atoms with Crippen molar-refractivity contribution in [1.82, 2.24) is 0 Å².